The van der Waals surface area contributed by atoms with Gasteiger partial charge in [0, 0.05) is 29.0 Å². The van der Waals surface area contributed by atoms with Crippen LogP contribution in [0, 0.1) is 6.92 Å². The van der Waals surface area contributed by atoms with E-state index in [1.54, 1.807) is 7.11 Å². The minimum absolute atomic E-state index is 0.0954. The summed E-state index contributed by atoms with van der Waals surface area (Å²) in [5.41, 5.74) is 5.44. The zero-order valence-corrected chi connectivity index (χ0v) is 16.9. The fourth-order valence-electron chi connectivity index (χ4n) is 4.63. The highest BCUT2D eigenvalue weighted by molar-refractivity contribution is 6.10. The van der Waals surface area contributed by atoms with E-state index in [2.05, 4.69) is 0 Å². The molecular formula is C25H21NO4. The van der Waals surface area contributed by atoms with Gasteiger partial charge in [-0.2, -0.15) is 0 Å². The summed E-state index contributed by atoms with van der Waals surface area (Å²) in [6.07, 6.45) is 2.56. The third-order valence-electron chi connectivity index (χ3n) is 5.91. The van der Waals surface area contributed by atoms with Crippen LogP contribution in [0.4, 0.5) is 0 Å². The van der Waals surface area contributed by atoms with Crippen molar-refractivity contribution in [1.82, 2.24) is 4.98 Å². The number of carboxylic acid groups (broad SMARTS) is 1. The second-order valence-electron chi connectivity index (χ2n) is 7.53. The van der Waals surface area contributed by atoms with Crippen molar-refractivity contribution >= 4 is 27.6 Å². The lowest BCUT2D eigenvalue weighted by Crippen LogP contribution is -2.10. The Morgan fingerprint density at radius 1 is 1.17 bits per heavy atom. The molecule has 5 rings (SSSR count). The standard InChI is InChI=1S/C25H21NO4/c1-14-19(13-21(27)28)23(16-5-3-4-6-17(16)25(14)29-2)18-7-8-20-22-15(10-12-30-20)9-11-26-24(18)22/h3-9,11H,10,12-13H2,1-2H3,(H,27,28). The van der Waals surface area contributed by atoms with Gasteiger partial charge in [0.25, 0.3) is 0 Å². The molecule has 5 heteroatoms. The molecule has 0 saturated heterocycles. The van der Waals surface area contributed by atoms with Crippen LogP contribution in [0.3, 0.4) is 0 Å². The quantitative estimate of drug-likeness (QED) is 0.527. The van der Waals surface area contributed by atoms with Crippen molar-refractivity contribution in [1.29, 1.82) is 0 Å². The Morgan fingerprint density at radius 2 is 1.97 bits per heavy atom. The molecule has 5 nitrogen and oxygen atoms in total. The summed E-state index contributed by atoms with van der Waals surface area (Å²) in [6.45, 7) is 2.58. The van der Waals surface area contributed by atoms with E-state index in [-0.39, 0.29) is 6.42 Å². The molecule has 0 aliphatic carbocycles. The molecule has 0 radical (unpaired) electrons. The van der Waals surface area contributed by atoms with Gasteiger partial charge in [-0.15, -0.1) is 0 Å². The summed E-state index contributed by atoms with van der Waals surface area (Å²) >= 11 is 0. The summed E-state index contributed by atoms with van der Waals surface area (Å²) in [7, 11) is 1.63. The lowest BCUT2D eigenvalue weighted by Gasteiger charge is -2.23. The van der Waals surface area contributed by atoms with Gasteiger partial charge in [0.1, 0.15) is 11.5 Å². The predicted octanol–water partition coefficient (Wildman–Crippen LogP) is 4.93. The molecule has 150 valence electrons. The average Bonchev–Trinajstić information content (AvgIpc) is 2.75. The highest BCUT2D eigenvalue weighted by Crippen LogP contribution is 2.45. The molecule has 0 bridgehead atoms. The fourth-order valence-corrected chi connectivity index (χ4v) is 4.63. The molecule has 0 spiro atoms. The number of carbonyl (C=O) groups is 1. The van der Waals surface area contributed by atoms with Gasteiger partial charge in [0.05, 0.1) is 25.7 Å². The molecule has 1 aliphatic heterocycles. The first-order valence-corrected chi connectivity index (χ1v) is 9.94. The first-order chi connectivity index (χ1) is 14.6. The smallest absolute Gasteiger partial charge is 0.307 e. The summed E-state index contributed by atoms with van der Waals surface area (Å²) in [6, 6.07) is 14.0. The van der Waals surface area contributed by atoms with E-state index in [1.807, 2.05) is 55.6 Å². The van der Waals surface area contributed by atoms with Crippen LogP contribution in [0.5, 0.6) is 11.5 Å². The van der Waals surface area contributed by atoms with Crippen molar-refractivity contribution in [3.05, 3.63) is 65.4 Å². The van der Waals surface area contributed by atoms with Gasteiger partial charge in [0.15, 0.2) is 0 Å². The van der Waals surface area contributed by atoms with E-state index in [9.17, 15) is 9.90 Å². The maximum atomic E-state index is 11.8. The second-order valence-corrected chi connectivity index (χ2v) is 7.53. The molecule has 0 saturated carbocycles. The molecule has 2 heterocycles. The molecule has 0 unspecified atom stereocenters. The number of fused-ring (bicyclic) bond motifs is 1. The Balaban J connectivity index is 1.95. The van der Waals surface area contributed by atoms with Gasteiger partial charge < -0.3 is 14.6 Å². The number of benzene rings is 3. The number of rotatable bonds is 4. The van der Waals surface area contributed by atoms with Crippen LogP contribution in [-0.2, 0) is 17.6 Å². The third kappa shape index (κ3) is 2.70. The fraction of sp³-hybridized carbons (Fsp3) is 0.200. The lowest BCUT2D eigenvalue weighted by atomic mass is 9.86. The van der Waals surface area contributed by atoms with Gasteiger partial charge in [0.2, 0.25) is 0 Å². The number of aliphatic carboxylic acids is 1. The normalized spacial score (nSPS) is 12.7. The van der Waals surface area contributed by atoms with Crippen LogP contribution in [0.2, 0.25) is 0 Å². The first kappa shape index (κ1) is 18.4. The predicted molar refractivity (Wildman–Crippen MR) is 117 cm³/mol. The summed E-state index contributed by atoms with van der Waals surface area (Å²) in [5.74, 6) is 0.665. The average molecular weight is 399 g/mol. The number of ether oxygens (including phenoxy) is 2. The van der Waals surface area contributed by atoms with Gasteiger partial charge in [-0.05, 0) is 52.8 Å². The van der Waals surface area contributed by atoms with Gasteiger partial charge in [-0.25, -0.2) is 0 Å². The Bertz CT molecular complexity index is 1320. The molecule has 4 aromatic rings. The van der Waals surface area contributed by atoms with E-state index < -0.39 is 5.97 Å². The molecule has 0 atom stereocenters. The number of aromatic nitrogens is 1. The number of methoxy groups -OCH3 is 1. The van der Waals surface area contributed by atoms with Crippen molar-refractivity contribution in [2.24, 2.45) is 0 Å². The van der Waals surface area contributed by atoms with Crippen LogP contribution in [0.25, 0.3) is 32.8 Å². The van der Waals surface area contributed by atoms with Gasteiger partial charge in [-0.3, -0.25) is 9.78 Å². The summed E-state index contributed by atoms with van der Waals surface area (Å²) in [5, 5.41) is 12.6. The molecule has 30 heavy (non-hydrogen) atoms. The molecule has 3 aromatic carbocycles. The van der Waals surface area contributed by atoms with Crippen LogP contribution in [-0.4, -0.2) is 29.8 Å². The SMILES string of the molecule is COc1c(C)c(CC(=O)O)c(-c2ccc3c4c(ccnc24)CCO3)c2ccccc12. The summed E-state index contributed by atoms with van der Waals surface area (Å²) in [4.78, 5) is 16.5. The minimum Gasteiger partial charge on any atom is -0.496 e. The Kier molecular flexibility index (Phi) is 4.31. The van der Waals surface area contributed by atoms with E-state index in [4.69, 9.17) is 14.5 Å². The highest BCUT2D eigenvalue weighted by Gasteiger charge is 2.24. The maximum absolute atomic E-state index is 11.8. The highest BCUT2D eigenvalue weighted by atomic mass is 16.5. The van der Waals surface area contributed by atoms with E-state index in [1.165, 1.54) is 5.56 Å². The molecule has 1 aliphatic rings. The third-order valence-corrected chi connectivity index (χ3v) is 5.91. The van der Waals surface area contributed by atoms with Crippen molar-refractivity contribution in [3.8, 4) is 22.6 Å². The molecule has 1 aromatic heterocycles. The number of nitrogens with zero attached hydrogens (tertiary/aromatic N) is 1. The number of hydrogen-bond donors (Lipinski definition) is 1. The van der Waals surface area contributed by atoms with E-state index >= 15 is 0 Å². The van der Waals surface area contributed by atoms with Gasteiger partial charge in [-0.1, -0.05) is 24.3 Å². The Hall–Kier alpha value is -3.60. The van der Waals surface area contributed by atoms with Crippen LogP contribution < -0.4 is 9.47 Å². The Labute approximate surface area is 173 Å². The zero-order valence-electron chi connectivity index (χ0n) is 16.9. The topological polar surface area (TPSA) is 68.7 Å². The van der Waals surface area contributed by atoms with Gasteiger partial charge >= 0.3 is 5.97 Å². The zero-order chi connectivity index (χ0) is 20.8. The largest absolute Gasteiger partial charge is 0.496 e. The minimum atomic E-state index is -0.879. The summed E-state index contributed by atoms with van der Waals surface area (Å²) < 4.78 is 11.6. The van der Waals surface area contributed by atoms with Crippen molar-refractivity contribution in [2.75, 3.05) is 13.7 Å². The molecule has 0 fully saturated rings. The second kappa shape index (κ2) is 7.02. The lowest BCUT2D eigenvalue weighted by molar-refractivity contribution is -0.136. The van der Waals surface area contributed by atoms with Crippen molar-refractivity contribution in [2.45, 2.75) is 19.8 Å². The van der Waals surface area contributed by atoms with Crippen LogP contribution in [0.15, 0.2) is 48.7 Å². The first-order valence-electron chi connectivity index (χ1n) is 9.94. The monoisotopic (exact) mass is 399 g/mol. The van der Waals surface area contributed by atoms with E-state index in [0.29, 0.717) is 12.4 Å². The maximum Gasteiger partial charge on any atom is 0.307 e. The van der Waals surface area contributed by atoms with Crippen molar-refractivity contribution in [3.63, 3.8) is 0 Å². The Morgan fingerprint density at radius 3 is 2.73 bits per heavy atom. The molecule has 0 amide bonds. The van der Waals surface area contributed by atoms with E-state index in [0.717, 1.165) is 56.1 Å². The van der Waals surface area contributed by atoms with Crippen molar-refractivity contribution < 1.29 is 19.4 Å². The van der Waals surface area contributed by atoms with Crippen LogP contribution in [0.1, 0.15) is 16.7 Å². The molecular weight excluding hydrogens is 378 g/mol. The van der Waals surface area contributed by atoms with Crippen LogP contribution >= 0.6 is 0 Å². The number of hydrogen-bond acceptors (Lipinski definition) is 4. The number of pyridine rings is 1. The molecule has 1 N–H and O–H groups in total. The number of carboxylic acids is 1.